The Labute approximate surface area is 134 Å². The van der Waals surface area contributed by atoms with Crippen LogP contribution in [0, 0.1) is 0 Å². The third kappa shape index (κ3) is 2.36. The molecule has 0 spiro atoms. The Morgan fingerprint density at radius 1 is 1.22 bits per heavy atom. The summed E-state index contributed by atoms with van der Waals surface area (Å²) in [6.45, 7) is 2.64. The molecule has 2 N–H and O–H groups in total. The molecule has 0 radical (unpaired) electrons. The Bertz CT molecular complexity index is 868. The lowest BCUT2D eigenvalue weighted by Gasteiger charge is -2.20. The molecule has 23 heavy (non-hydrogen) atoms. The van der Waals surface area contributed by atoms with Gasteiger partial charge in [0.05, 0.1) is 17.7 Å². The summed E-state index contributed by atoms with van der Waals surface area (Å²) in [6, 6.07) is 15.7. The summed E-state index contributed by atoms with van der Waals surface area (Å²) in [5.74, 6) is 1.04. The monoisotopic (exact) mass is 306 g/mol. The molecule has 2 atom stereocenters. The summed E-state index contributed by atoms with van der Waals surface area (Å²) < 4.78 is 5.72. The first-order valence-corrected chi connectivity index (χ1v) is 7.83. The maximum Gasteiger partial charge on any atom is 0.253 e. The summed E-state index contributed by atoms with van der Waals surface area (Å²) in [6.07, 6.45) is 1.85. The van der Waals surface area contributed by atoms with E-state index in [4.69, 9.17) is 4.74 Å². The smallest absolute Gasteiger partial charge is 0.253 e. The molecule has 0 fully saturated rings. The predicted octanol–water partition coefficient (Wildman–Crippen LogP) is 3.46. The summed E-state index contributed by atoms with van der Waals surface area (Å²) in [4.78, 5) is 15.8. The van der Waals surface area contributed by atoms with Crippen molar-refractivity contribution in [3.05, 3.63) is 65.9 Å². The summed E-state index contributed by atoms with van der Waals surface area (Å²) >= 11 is 0. The standard InChI is InChI=1S/C19H18N2O2/c1-12(16-11-23-17-8-3-2-6-14(16)17)21-19(22)15-7-4-5-13-9-10-20-18(13)15/h2-10,12,16,20H,11H2,1H3,(H,21,22). The zero-order chi connectivity index (χ0) is 15.8. The van der Waals surface area contributed by atoms with Gasteiger partial charge in [0.1, 0.15) is 5.75 Å². The SMILES string of the molecule is CC(NC(=O)c1cccc2cc[nH]c12)C1COc2ccccc21. The van der Waals surface area contributed by atoms with Crippen LogP contribution in [0.3, 0.4) is 0 Å². The fraction of sp³-hybridized carbons (Fsp3) is 0.211. The van der Waals surface area contributed by atoms with Crippen LogP contribution < -0.4 is 10.1 Å². The van der Waals surface area contributed by atoms with Gasteiger partial charge in [0.25, 0.3) is 5.91 Å². The second-order valence-electron chi connectivity index (χ2n) is 5.96. The maximum atomic E-state index is 12.7. The number of carbonyl (C=O) groups is 1. The number of para-hydroxylation sites is 2. The van der Waals surface area contributed by atoms with Crippen molar-refractivity contribution >= 4 is 16.8 Å². The van der Waals surface area contributed by atoms with E-state index in [1.807, 2.05) is 55.6 Å². The average Bonchev–Trinajstić information content (AvgIpc) is 3.20. The number of aromatic amines is 1. The van der Waals surface area contributed by atoms with E-state index in [1.165, 1.54) is 5.56 Å². The lowest BCUT2D eigenvalue weighted by Crippen LogP contribution is -2.37. The van der Waals surface area contributed by atoms with E-state index in [-0.39, 0.29) is 17.9 Å². The molecule has 0 saturated carbocycles. The molecular weight excluding hydrogens is 288 g/mol. The quantitative estimate of drug-likeness (QED) is 0.778. The number of H-pyrrole nitrogens is 1. The molecule has 2 aromatic carbocycles. The minimum Gasteiger partial charge on any atom is -0.493 e. The summed E-state index contributed by atoms with van der Waals surface area (Å²) in [5.41, 5.74) is 2.71. The number of rotatable bonds is 3. The second-order valence-corrected chi connectivity index (χ2v) is 5.96. The minimum atomic E-state index is -0.0602. The van der Waals surface area contributed by atoms with Crippen molar-refractivity contribution in [2.45, 2.75) is 18.9 Å². The van der Waals surface area contributed by atoms with Gasteiger partial charge in [0.2, 0.25) is 0 Å². The lowest BCUT2D eigenvalue weighted by molar-refractivity contribution is 0.0934. The summed E-state index contributed by atoms with van der Waals surface area (Å²) in [7, 11) is 0. The van der Waals surface area contributed by atoms with Crippen molar-refractivity contribution in [2.75, 3.05) is 6.61 Å². The predicted molar refractivity (Wildman–Crippen MR) is 89.9 cm³/mol. The molecule has 4 rings (SSSR count). The van der Waals surface area contributed by atoms with E-state index in [1.54, 1.807) is 0 Å². The van der Waals surface area contributed by atoms with Crippen molar-refractivity contribution in [3.63, 3.8) is 0 Å². The van der Waals surface area contributed by atoms with E-state index in [2.05, 4.69) is 16.4 Å². The number of benzene rings is 2. The average molecular weight is 306 g/mol. The fourth-order valence-corrected chi connectivity index (χ4v) is 3.26. The molecule has 0 saturated heterocycles. The van der Waals surface area contributed by atoms with Crippen LogP contribution in [0.5, 0.6) is 5.75 Å². The largest absolute Gasteiger partial charge is 0.493 e. The van der Waals surface area contributed by atoms with Crippen molar-refractivity contribution in [1.82, 2.24) is 10.3 Å². The van der Waals surface area contributed by atoms with Crippen molar-refractivity contribution in [3.8, 4) is 5.75 Å². The van der Waals surface area contributed by atoms with E-state index < -0.39 is 0 Å². The number of nitrogens with one attached hydrogen (secondary N) is 2. The number of aromatic nitrogens is 1. The second kappa shape index (κ2) is 5.47. The molecule has 1 amide bonds. The zero-order valence-electron chi connectivity index (χ0n) is 12.9. The van der Waals surface area contributed by atoms with Crippen LogP contribution in [0.2, 0.25) is 0 Å². The van der Waals surface area contributed by atoms with E-state index in [9.17, 15) is 4.79 Å². The van der Waals surface area contributed by atoms with Gasteiger partial charge in [0, 0.05) is 29.1 Å². The summed E-state index contributed by atoms with van der Waals surface area (Å²) in [5, 5.41) is 4.16. The highest BCUT2D eigenvalue weighted by molar-refractivity contribution is 6.05. The van der Waals surface area contributed by atoms with Gasteiger partial charge in [-0.2, -0.15) is 0 Å². The van der Waals surface area contributed by atoms with Gasteiger partial charge in [-0.1, -0.05) is 30.3 Å². The minimum absolute atomic E-state index is 0.00336. The van der Waals surface area contributed by atoms with Crippen molar-refractivity contribution in [1.29, 1.82) is 0 Å². The Hall–Kier alpha value is -2.75. The number of hydrogen-bond acceptors (Lipinski definition) is 2. The van der Waals surface area contributed by atoms with Crippen LogP contribution in [0.25, 0.3) is 10.9 Å². The van der Waals surface area contributed by atoms with Gasteiger partial charge in [-0.3, -0.25) is 4.79 Å². The van der Waals surface area contributed by atoms with Gasteiger partial charge in [-0.25, -0.2) is 0 Å². The first kappa shape index (κ1) is 13.9. The molecule has 2 heterocycles. The molecule has 4 nitrogen and oxygen atoms in total. The molecule has 1 aromatic heterocycles. The number of amides is 1. The molecule has 2 unspecified atom stereocenters. The Morgan fingerprint density at radius 2 is 2.09 bits per heavy atom. The molecule has 0 aliphatic carbocycles. The van der Waals surface area contributed by atoms with E-state index in [0.717, 1.165) is 16.7 Å². The topological polar surface area (TPSA) is 54.1 Å². The molecule has 1 aliphatic heterocycles. The van der Waals surface area contributed by atoms with E-state index in [0.29, 0.717) is 12.2 Å². The molecule has 1 aliphatic rings. The molecule has 0 bridgehead atoms. The van der Waals surface area contributed by atoms with Crippen LogP contribution in [0.1, 0.15) is 28.8 Å². The van der Waals surface area contributed by atoms with Gasteiger partial charge >= 0.3 is 0 Å². The van der Waals surface area contributed by atoms with Crippen LogP contribution in [0.15, 0.2) is 54.7 Å². The van der Waals surface area contributed by atoms with Crippen LogP contribution in [-0.2, 0) is 0 Å². The van der Waals surface area contributed by atoms with Crippen LogP contribution >= 0.6 is 0 Å². The Kier molecular flexibility index (Phi) is 3.30. The number of fused-ring (bicyclic) bond motifs is 2. The van der Waals surface area contributed by atoms with Gasteiger partial charge < -0.3 is 15.0 Å². The zero-order valence-corrected chi connectivity index (χ0v) is 12.9. The fourth-order valence-electron chi connectivity index (χ4n) is 3.26. The Morgan fingerprint density at radius 3 is 3.00 bits per heavy atom. The van der Waals surface area contributed by atoms with Crippen LogP contribution in [-0.4, -0.2) is 23.5 Å². The third-order valence-electron chi connectivity index (χ3n) is 4.53. The van der Waals surface area contributed by atoms with Crippen molar-refractivity contribution < 1.29 is 9.53 Å². The number of hydrogen-bond donors (Lipinski definition) is 2. The normalized spacial score (nSPS) is 17.5. The molecule has 3 aromatic rings. The first-order valence-electron chi connectivity index (χ1n) is 7.83. The van der Waals surface area contributed by atoms with Gasteiger partial charge in [0.15, 0.2) is 0 Å². The third-order valence-corrected chi connectivity index (χ3v) is 4.53. The maximum absolute atomic E-state index is 12.7. The van der Waals surface area contributed by atoms with Crippen LogP contribution in [0.4, 0.5) is 0 Å². The lowest BCUT2D eigenvalue weighted by atomic mass is 9.94. The highest BCUT2D eigenvalue weighted by Crippen LogP contribution is 2.35. The van der Waals surface area contributed by atoms with E-state index >= 15 is 0 Å². The molecule has 116 valence electrons. The highest BCUT2D eigenvalue weighted by Gasteiger charge is 2.29. The Balaban J connectivity index is 1.56. The number of ether oxygens (including phenoxy) is 1. The highest BCUT2D eigenvalue weighted by atomic mass is 16.5. The van der Waals surface area contributed by atoms with Crippen molar-refractivity contribution in [2.24, 2.45) is 0 Å². The number of carbonyl (C=O) groups excluding carboxylic acids is 1. The molecular formula is C19H18N2O2. The van der Waals surface area contributed by atoms with Gasteiger partial charge in [-0.05, 0) is 25.1 Å². The molecule has 4 heteroatoms. The van der Waals surface area contributed by atoms with Gasteiger partial charge in [-0.15, -0.1) is 0 Å². The first-order chi connectivity index (χ1) is 11.2.